The maximum atomic E-state index is 13.5. The van der Waals surface area contributed by atoms with Gasteiger partial charge in [0.1, 0.15) is 11.6 Å². The summed E-state index contributed by atoms with van der Waals surface area (Å²) in [6.07, 6.45) is 1.86. The van der Waals surface area contributed by atoms with Gasteiger partial charge < -0.3 is 5.73 Å². The topological polar surface area (TPSA) is 70.1 Å². The number of nitrogens with two attached hydrogens (primary N) is 1. The van der Waals surface area contributed by atoms with Gasteiger partial charge in [-0.05, 0) is 62.1 Å². The van der Waals surface area contributed by atoms with E-state index in [4.69, 9.17) is 5.73 Å². The van der Waals surface area contributed by atoms with Crippen molar-refractivity contribution < 1.29 is 9.18 Å². The van der Waals surface area contributed by atoms with Crippen LogP contribution in [-0.4, -0.2) is 5.78 Å². The summed E-state index contributed by atoms with van der Waals surface area (Å²) in [5, 5.41) is 10.0. The average Bonchev–Trinajstić information content (AvgIpc) is 2.70. The smallest absolute Gasteiger partial charge is 0.161 e. The first-order valence-electron chi connectivity index (χ1n) is 9.71. The molecule has 5 heteroatoms. The van der Waals surface area contributed by atoms with E-state index in [1.54, 1.807) is 17.0 Å². The fraction of sp³-hybridized carbons (Fsp3) is 0.250. The third-order valence-electron chi connectivity index (χ3n) is 5.74. The van der Waals surface area contributed by atoms with Crippen molar-refractivity contribution in [3.8, 4) is 6.07 Å². The van der Waals surface area contributed by atoms with Gasteiger partial charge in [-0.2, -0.15) is 5.26 Å². The Balaban J connectivity index is 1.99. The highest BCUT2D eigenvalue weighted by Gasteiger charge is 2.40. The Hall–Kier alpha value is -3.39. The molecule has 0 unspecified atom stereocenters. The van der Waals surface area contributed by atoms with E-state index in [0.29, 0.717) is 35.5 Å². The van der Waals surface area contributed by atoms with Crippen molar-refractivity contribution in [2.45, 2.75) is 39.0 Å². The van der Waals surface area contributed by atoms with E-state index in [2.05, 4.69) is 6.07 Å². The number of carbonyl (C=O) groups is 1. The predicted octanol–water partition coefficient (Wildman–Crippen LogP) is 4.75. The van der Waals surface area contributed by atoms with E-state index in [-0.39, 0.29) is 11.6 Å². The summed E-state index contributed by atoms with van der Waals surface area (Å²) in [6.45, 7) is 3.98. The van der Waals surface area contributed by atoms with Crippen LogP contribution >= 0.6 is 0 Å². The zero-order valence-electron chi connectivity index (χ0n) is 16.5. The van der Waals surface area contributed by atoms with Crippen LogP contribution in [0.4, 0.5) is 10.1 Å². The van der Waals surface area contributed by atoms with Gasteiger partial charge in [0, 0.05) is 23.4 Å². The lowest BCUT2D eigenvalue weighted by Crippen LogP contribution is -2.38. The number of aryl methyl sites for hydroxylation is 2. The molecule has 0 bridgehead atoms. The van der Waals surface area contributed by atoms with Crippen molar-refractivity contribution in [2.24, 2.45) is 5.73 Å². The molecular formula is C24H22FN3O. The van der Waals surface area contributed by atoms with Crippen molar-refractivity contribution in [1.82, 2.24) is 0 Å². The number of nitrogens with zero attached hydrogens (tertiary/aromatic N) is 2. The largest absolute Gasteiger partial charge is 0.384 e. The quantitative estimate of drug-likeness (QED) is 0.807. The molecule has 4 nitrogen and oxygen atoms in total. The summed E-state index contributed by atoms with van der Waals surface area (Å²) in [7, 11) is 0. The summed E-state index contributed by atoms with van der Waals surface area (Å²) in [5.74, 6) is -0.474. The number of nitriles is 1. The number of rotatable bonds is 2. The number of allylic oxidation sites excluding steroid dienone is 3. The van der Waals surface area contributed by atoms with E-state index in [1.165, 1.54) is 12.1 Å². The van der Waals surface area contributed by atoms with Gasteiger partial charge in [0.25, 0.3) is 0 Å². The average molecular weight is 387 g/mol. The second-order valence-corrected chi connectivity index (χ2v) is 7.65. The second kappa shape index (κ2) is 7.21. The SMILES string of the molecule is Cc1ccc(C)c([C@H]2C(C#N)=C(N)N(c3ccc(F)cc3)C3=C2C(=O)CCC3)c1. The maximum absolute atomic E-state index is 13.5. The molecule has 4 rings (SSSR count). The minimum absolute atomic E-state index is 0.0458. The lowest BCUT2D eigenvalue weighted by atomic mass is 9.74. The molecule has 1 aliphatic heterocycles. The zero-order valence-corrected chi connectivity index (χ0v) is 16.5. The summed E-state index contributed by atoms with van der Waals surface area (Å²) in [5.41, 5.74) is 12.0. The predicted molar refractivity (Wildman–Crippen MR) is 110 cm³/mol. The molecule has 2 aromatic carbocycles. The normalized spacial score (nSPS) is 19.3. The first kappa shape index (κ1) is 18.9. The van der Waals surface area contributed by atoms with Crippen molar-refractivity contribution in [3.05, 3.63) is 87.6 Å². The van der Waals surface area contributed by atoms with E-state index in [9.17, 15) is 14.4 Å². The highest BCUT2D eigenvalue weighted by Crippen LogP contribution is 2.46. The standard InChI is InChI=1S/C24H22FN3O/c1-14-6-7-15(2)18(12-14)22-19(13-26)24(27)28(17-10-8-16(25)9-11-17)20-4-3-5-21(29)23(20)22/h6-12,22H,3-5,27H2,1-2H3/t22-/m0/s1. The first-order chi connectivity index (χ1) is 13.9. The van der Waals surface area contributed by atoms with Crippen LogP contribution in [0.2, 0.25) is 0 Å². The summed E-state index contributed by atoms with van der Waals surface area (Å²) in [4.78, 5) is 14.8. The fourth-order valence-corrected chi connectivity index (χ4v) is 4.35. The van der Waals surface area contributed by atoms with Crippen LogP contribution in [0.25, 0.3) is 0 Å². The Bertz CT molecular complexity index is 1110. The van der Waals surface area contributed by atoms with E-state index < -0.39 is 5.92 Å². The molecule has 146 valence electrons. The summed E-state index contributed by atoms with van der Waals surface area (Å²) >= 11 is 0. The third-order valence-corrected chi connectivity index (χ3v) is 5.74. The van der Waals surface area contributed by atoms with Gasteiger partial charge in [0.15, 0.2) is 5.78 Å². The second-order valence-electron chi connectivity index (χ2n) is 7.65. The summed E-state index contributed by atoms with van der Waals surface area (Å²) in [6, 6.07) is 14.3. The number of hydrogen-bond acceptors (Lipinski definition) is 4. The Kier molecular flexibility index (Phi) is 4.71. The van der Waals surface area contributed by atoms with Crippen LogP contribution in [-0.2, 0) is 4.79 Å². The van der Waals surface area contributed by atoms with Gasteiger partial charge in [0.05, 0.1) is 17.6 Å². The lowest BCUT2D eigenvalue weighted by Gasteiger charge is -2.40. The van der Waals surface area contributed by atoms with Crippen LogP contribution < -0.4 is 10.6 Å². The molecule has 0 amide bonds. The molecule has 1 atom stereocenters. The molecule has 2 N–H and O–H groups in total. The highest BCUT2D eigenvalue weighted by atomic mass is 19.1. The maximum Gasteiger partial charge on any atom is 0.161 e. The first-order valence-corrected chi connectivity index (χ1v) is 9.71. The molecule has 1 heterocycles. The molecule has 2 aromatic rings. The van der Waals surface area contributed by atoms with Gasteiger partial charge in [-0.25, -0.2) is 4.39 Å². The van der Waals surface area contributed by atoms with Gasteiger partial charge >= 0.3 is 0 Å². The molecule has 0 saturated heterocycles. The number of hydrogen-bond donors (Lipinski definition) is 1. The van der Waals surface area contributed by atoms with Crippen LogP contribution in [0.15, 0.2) is 65.1 Å². The molecule has 0 radical (unpaired) electrons. The van der Waals surface area contributed by atoms with Crippen LogP contribution in [0, 0.1) is 31.0 Å². The van der Waals surface area contributed by atoms with Gasteiger partial charge in [0.2, 0.25) is 0 Å². The number of ketones is 1. The van der Waals surface area contributed by atoms with E-state index >= 15 is 0 Å². The van der Waals surface area contributed by atoms with Crippen molar-refractivity contribution in [1.29, 1.82) is 5.26 Å². The van der Waals surface area contributed by atoms with Crippen LogP contribution in [0.5, 0.6) is 0 Å². The number of benzene rings is 2. The third kappa shape index (κ3) is 3.11. The Morgan fingerprint density at radius 2 is 1.86 bits per heavy atom. The highest BCUT2D eigenvalue weighted by molar-refractivity contribution is 6.01. The lowest BCUT2D eigenvalue weighted by molar-refractivity contribution is -0.116. The van der Waals surface area contributed by atoms with Crippen molar-refractivity contribution >= 4 is 11.5 Å². The molecule has 0 spiro atoms. The fourth-order valence-electron chi connectivity index (χ4n) is 4.35. The molecule has 0 fully saturated rings. The Morgan fingerprint density at radius 3 is 2.55 bits per heavy atom. The molecule has 2 aliphatic rings. The van der Waals surface area contributed by atoms with E-state index in [1.807, 2.05) is 32.0 Å². The summed E-state index contributed by atoms with van der Waals surface area (Å²) < 4.78 is 13.5. The van der Waals surface area contributed by atoms with Crippen molar-refractivity contribution in [3.63, 3.8) is 0 Å². The zero-order chi connectivity index (χ0) is 20.7. The number of carbonyl (C=O) groups excluding carboxylic acids is 1. The van der Waals surface area contributed by atoms with Crippen LogP contribution in [0.3, 0.4) is 0 Å². The molecule has 1 aliphatic carbocycles. The molecule has 29 heavy (non-hydrogen) atoms. The van der Waals surface area contributed by atoms with Gasteiger partial charge in [-0.15, -0.1) is 0 Å². The van der Waals surface area contributed by atoms with E-state index in [0.717, 1.165) is 28.8 Å². The monoisotopic (exact) mass is 387 g/mol. The molecular weight excluding hydrogens is 365 g/mol. The molecule has 0 saturated carbocycles. The number of anilines is 1. The minimum atomic E-state index is -0.473. The number of halogens is 1. The molecule has 0 aromatic heterocycles. The van der Waals surface area contributed by atoms with Crippen LogP contribution in [0.1, 0.15) is 41.9 Å². The van der Waals surface area contributed by atoms with Crippen molar-refractivity contribution in [2.75, 3.05) is 4.90 Å². The number of Topliss-reactive ketones (excluding diaryl/α,β-unsaturated/α-hetero) is 1. The van der Waals surface area contributed by atoms with Gasteiger partial charge in [-0.1, -0.05) is 23.8 Å². The Labute approximate surface area is 169 Å². The minimum Gasteiger partial charge on any atom is -0.384 e. The van der Waals surface area contributed by atoms with Gasteiger partial charge in [-0.3, -0.25) is 9.69 Å². The Morgan fingerprint density at radius 1 is 1.14 bits per heavy atom.